The van der Waals surface area contributed by atoms with Crippen molar-refractivity contribution in [2.75, 3.05) is 5.32 Å². The smallest absolute Gasteiger partial charge is 0.173 e. The molecule has 2 atom stereocenters. The van der Waals surface area contributed by atoms with E-state index in [-0.39, 0.29) is 0 Å². The number of hydrogen-bond acceptors (Lipinski definition) is 1. The van der Waals surface area contributed by atoms with Crippen LogP contribution in [-0.2, 0) is 0 Å². The Kier molecular flexibility index (Phi) is 4.00. The van der Waals surface area contributed by atoms with Crippen LogP contribution in [0.5, 0.6) is 0 Å². The highest BCUT2D eigenvalue weighted by molar-refractivity contribution is 7.80. The minimum atomic E-state index is 0.544. The molecule has 0 unspecified atom stereocenters. The fourth-order valence-electron chi connectivity index (χ4n) is 2.53. The average molecular weight is 248 g/mol. The predicted molar refractivity (Wildman–Crippen MR) is 77.3 cm³/mol. The number of nitrogens with one attached hydrogen (secondary N) is 1. The molecule has 0 bridgehead atoms. The first kappa shape index (κ1) is 12.4. The molecular weight excluding hydrogens is 228 g/mol. The Morgan fingerprint density at radius 2 is 1.76 bits per heavy atom. The molecule has 0 radical (unpaired) electrons. The van der Waals surface area contributed by atoms with Crippen LogP contribution in [0.25, 0.3) is 0 Å². The van der Waals surface area contributed by atoms with E-state index in [2.05, 4.69) is 24.1 Å². The van der Waals surface area contributed by atoms with Crippen LogP contribution in [0.1, 0.15) is 33.1 Å². The zero-order valence-electron chi connectivity index (χ0n) is 10.5. The second kappa shape index (κ2) is 5.50. The molecule has 1 aliphatic heterocycles. The third-order valence-corrected chi connectivity index (χ3v) is 3.77. The van der Waals surface area contributed by atoms with Crippen LogP contribution in [0.3, 0.4) is 0 Å². The van der Waals surface area contributed by atoms with E-state index in [1.54, 1.807) is 0 Å². The number of hydrogen-bond donors (Lipinski definition) is 1. The van der Waals surface area contributed by atoms with E-state index in [1.165, 1.54) is 19.3 Å². The van der Waals surface area contributed by atoms with Gasteiger partial charge in [-0.05, 0) is 57.5 Å². The van der Waals surface area contributed by atoms with Gasteiger partial charge in [0.15, 0.2) is 5.11 Å². The predicted octanol–water partition coefficient (Wildman–Crippen LogP) is 3.65. The maximum absolute atomic E-state index is 5.52. The van der Waals surface area contributed by atoms with Crippen LogP contribution in [0.4, 0.5) is 5.69 Å². The minimum Gasteiger partial charge on any atom is -0.344 e. The highest BCUT2D eigenvalue weighted by atomic mass is 32.1. The van der Waals surface area contributed by atoms with Crippen LogP contribution >= 0.6 is 12.2 Å². The lowest BCUT2D eigenvalue weighted by Gasteiger charge is -2.40. The lowest BCUT2D eigenvalue weighted by Crippen LogP contribution is -2.49. The van der Waals surface area contributed by atoms with E-state index in [9.17, 15) is 0 Å². The SMILES string of the molecule is C[C@@H]1CCC[C@H](C)N1C(=S)Nc1ccccc1. The number of para-hydroxylation sites is 1. The molecule has 1 aliphatic rings. The quantitative estimate of drug-likeness (QED) is 0.764. The summed E-state index contributed by atoms with van der Waals surface area (Å²) in [6, 6.07) is 11.2. The molecule has 3 heteroatoms. The molecule has 0 saturated carbocycles. The number of rotatable bonds is 1. The highest BCUT2D eigenvalue weighted by Gasteiger charge is 2.26. The van der Waals surface area contributed by atoms with Crippen molar-refractivity contribution in [1.82, 2.24) is 4.90 Å². The van der Waals surface area contributed by atoms with Gasteiger partial charge in [0.05, 0.1) is 0 Å². The van der Waals surface area contributed by atoms with Gasteiger partial charge in [-0.1, -0.05) is 18.2 Å². The zero-order chi connectivity index (χ0) is 12.3. The molecule has 1 fully saturated rings. The summed E-state index contributed by atoms with van der Waals surface area (Å²) in [6.07, 6.45) is 3.79. The summed E-state index contributed by atoms with van der Waals surface area (Å²) < 4.78 is 0. The molecule has 0 amide bonds. The minimum absolute atomic E-state index is 0.544. The molecule has 0 aliphatic carbocycles. The lowest BCUT2D eigenvalue weighted by molar-refractivity contribution is 0.194. The second-order valence-corrected chi connectivity index (χ2v) is 5.22. The summed E-state index contributed by atoms with van der Waals surface area (Å²) in [5.41, 5.74) is 1.07. The Hall–Kier alpha value is -1.09. The standard InChI is InChI=1S/C14H20N2S/c1-11-7-6-8-12(2)16(11)14(17)15-13-9-4-3-5-10-13/h3-5,9-12H,6-8H2,1-2H3,(H,15,17)/t11-,12+. The van der Waals surface area contributed by atoms with Crippen molar-refractivity contribution < 1.29 is 0 Å². The Morgan fingerprint density at radius 1 is 1.18 bits per heavy atom. The number of piperidine rings is 1. The highest BCUT2D eigenvalue weighted by Crippen LogP contribution is 2.23. The van der Waals surface area contributed by atoms with E-state index >= 15 is 0 Å². The molecule has 1 heterocycles. The molecule has 2 nitrogen and oxygen atoms in total. The van der Waals surface area contributed by atoms with Gasteiger partial charge in [-0.15, -0.1) is 0 Å². The Morgan fingerprint density at radius 3 is 2.35 bits per heavy atom. The molecule has 1 N–H and O–H groups in total. The van der Waals surface area contributed by atoms with Crippen molar-refractivity contribution in [2.45, 2.75) is 45.2 Å². The van der Waals surface area contributed by atoms with Gasteiger partial charge in [0.2, 0.25) is 0 Å². The fourth-order valence-corrected chi connectivity index (χ4v) is 3.01. The van der Waals surface area contributed by atoms with E-state index in [4.69, 9.17) is 12.2 Å². The van der Waals surface area contributed by atoms with Crippen molar-refractivity contribution in [1.29, 1.82) is 0 Å². The first-order chi connectivity index (χ1) is 8.18. The molecule has 1 aromatic rings. The van der Waals surface area contributed by atoms with Crippen LogP contribution in [0, 0.1) is 0 Å². The van der Waals surface area contributed by atoms with Crippen LogP contribution in [0.2, 0.25) is 0 Å². The van der Waals surface area contributed by atoms with Crippen molar-refractivity contribution in [3.63, 3.8) is 0 Å². The summed E-state index contributed by atoms with van der Waals surface area (Å²) in [5, 5.41) is 4.19. The van der Waals surface area contributed by atoms with Crippen LogP contribution in [0.15, 0.2) is 30.3 Å². The number of benzene rings is 1. The molecule has 0 aromatic heterocycles. The molecule has 1 aromatic carbocycles. The largest absolute Gasteiger partial charge is 0.344 e. The third kappa shape index (κ3) is 2.97. The van der Waals surface area contributed by atoms with Gasteiger partial charge in [0.25, 0.3) is 0 Å². The van der Waals surface area contributed by atoms with Crippen molar-refractivity contribution >= 4 is 23.0 Å². The molecular formula is C14H20N2S. The van der Waals surface area contributed by atoms with E-state index < -0.39 is 0 Å². The maximum Gasteiger partial charge on any atom is 0.173 e. The number of thiocarbonyl (C=S) groups is 1. The van der Waals surface area contributed by atoms with Gasteiger partial charge >= 0.3 is 0 Å². The van der Waals surface area contributed by atoms with Crippen molar-refractivity contribution in [2.24, 2.45) is 0 Å². The first-order valence-electron chi connectivity index (χ1n) is 6.33. The average Bonchev–Trinajstić information content (AvgIpc) is 2.30. The van der Waals surface area contributed by atoms with Gasteiger partial charge < -0.3 is 10.2 Å². The van der Waals surface area contributed by atoms with Gasteiger partial charge in [-0.2, -0.15) is 0 Å². The summed E-state index contributed by atoms with van der Waals surface area (Å²) >= 11 is 5.52. The van der Waals surface area contributed by atoms with Crippen molar-refractivity contribution in [3.8, 4) is 0 Å². The Bertz CT molecular complexity index is 367. The topological polar surface area (TPSA) is 15.3 Å². The lowest BCUT2D eigenvalue weighted by atomic mass is 9.98. The summed E-state index contributed by atoms with van der Waals surface area (Å²) in [5.74, 6) is 0. The maximum atomic E-state index is 5.52. The fraction of sp³-hybridized carbons (Fsp3) is 0.500. The van der Waals surface area contributed by atoms with Crippen LogP contribution in [-0.4, -0.2) is 22.1 Å². The summed E-state index contributed by atoms with van der Waals surface area (Å²) in [6.45, 7) is 4.52. The van der Waals surface area contributed by atoms with E-state index in [1.807, 2.05) is 30.3 Å². The van der Waals surface area contributed by atoms with E-state index in [0.29, 0.717) is 12.1 Å². The zero-order valence-corrected chi connectivity index (χ0v) is 11.3. The first-order valence-corrected chi connectivity index (χ1v) is 6.73. The Balaban J connectivity index is 2.04. The number of anilines is 1. The van der Waals surface area contributed by atoms with Gasteiger partial charge in [0, 0.05) is 17.8 Å². The summed E-state index contributed by atoms with van der Waals surface area (Å²) in [7, 11) is 0. The molecule has 17 heavy (non-hydrogen) atoms. The van der Waals surface area contributed by atoms with Crippen molar-refractivity contribution in [3.05, 3.63) is 30.3 Å². The molecule has 0 spiro atoms. The number of nitrogens with zero attached hydrogens (tertiary/aromatic N) is 1. The van der Waals surface area contributed by atoms with Crippen LogP contribution < -0.4 is 5.32 Å². The van der Waals surface area contributed by atoms with Gasteiger partial charge in [-0.25, -0.2) is 0 Å². The van der Waals surface area contributed by atoms with Gasteiger partial charge in [0.1, 0.15) is 0 Å². The summed E-state index contributed by atoms with van der Waals surface area (Å²) in [4.78, 5) is 2.34. The van der Waals surface area contributed by atoms with E-state index in [0.717, 1.165) is 10.8 Å². The molecule has 1 saturated heterocycles. The monoisotopic (exact) mass is 248 g/mol. The second-order valence-electron chi connectivity index (χ2n) is 4.83. The normalized spacial score (nSPS) is 24.5. The Labute approximate surface area is 109 Å². The number of likely N-dealkylation sites (tertiary alicyclic amines) is 1. The third-order valence-electron chi connectivity index (χ3n) is 3.45. The molecule has 2 rings (SSSR count). The molecule has 92 valence electrons. The van der Waals surface area contributed by atoms with Gasteiger partial charge in [-0.3, -0.25) is 0 Å².